The predicted molar refractivity (Wildman–Crippen MR) is 194 cm³/mol. The Hall–Kier alpha value is -3.51. The van der Waals surface area contributed by atoms with Gasteiger partial charge in [0.15, 0.2) is 0 Å². The Balaban J connectivity index is 1.85. The molecule has 18 heteroatoms. The minimum atomic E-state index is -4.67. The summed E-state index contributed by atoms with van der Waals surface area (Å²) in [7, 11) is -2.40. The molecule has 1 aromatic rings. The van der Waals surface area contributed by atoms with Crippen LogP contribution in [0.4, 0.5) is 18.0 Å². The van der Waals surface area contributed by atoms with Crippen molar-refractivity contribution in [1.82, 2.24) is 30.5 Å². The van der Waals surface area contributed by atoms with Gasteiger partial charge in [0.25, 0.3) is 15.9 Å². The van der Waals surface area contributed by atoms with Crippen LogP contribution in [0.25, 0.3) is 0 Å². The minimum absolute atomic E-state index is 0.0521. The Morgan fingerprint density at radius 3 is 2.30 bits per heavy atom. The first-order chi connectivity index (χ1) is 24.4. The highest BCUT2D eigenvalue weighted by Gasteiger charge is 2.70. The van der Waals surface area contributed by atoms with E-state index in [0.717, 1.165) is 11.3 Å². The van der Waals surface area contributed by atoms with Gasteiger partial charge in [-0.25, -0.2) is 13.2 Å². The van der Waals surface area contributed by atoms with E-state index in [1.165, 1.54) is 28.4 Å². The van der Waals surface area contributed by atoms with Crippen LogP contribution in [0.5, 0.6) is 0 Å². The van der Waals surface area contributed by atoms with Crippen molar-refractivity contribution in [2.75, 3.05) is 26.7 Å². The molecule has 7 atom stereocenters. The molecule has 0 bridgehead atoms. The van der Waals surface area contributed by atoms with Crippen molar-refractivity contribution in [3.05, 3.63) is 30.2 Å². The number of piperidine rings is 1. The molecule has 0 spiro atoms. The molecular formula is C35H53F3N6O7S2. The molecule has 3 rings (SSSR count). The smallest absolute Gasteiger partial charge is 0.346 e. The van der Waals surface area contributed by atoms with E-state index in [9.17, 15) is 45.6 Å². The lowest BCUT2D eigenvalue weighted by molar-refractivity contribution is -0.148. The van der Waals surface area contributed by atoms with Gasteiger partial charge in [-0.15, -0.1) is 17.9 Å². The maximum absolute atomic E-state index is 14.4. The van der Waals surface area contributed by atoms with Crippen molar-refractivity contribution in [3.8, 4) is 0 Å². The number of nitrogens with one attached hydrogen (secondary N) is 4. The van der Waals surface area contributed by atoms with E-state index < -0.39 is 99.5 Å². The molecule has 1 saturated carbocycles. The van der Waals surface area contributed by atoms with Gasteiger partial charge in [-0.2, -0.15) is 17.5 Å². The maximum Gasteiger partial charge on any atom is 0.389 e. The highest BCUT2D eigenvalue weighted by atomic mass is 32.2. The van der Waals surface area contributed by atoms with Gasteiger partial charge >= 0.3 is 12.2 Å². The van der Waals surface area contributed by atoms with E-state index in [2.05, 4.69) is 27.8 Å². The molecule has 53 heavy (non-hydrogen) atoms. The largest absolute Gasteiger partial charge is 0.389 e. The SMILES string of the molecule is C=CCNC(=O)C(=O)C(CCC(F)(F)F)NC(=O)[C@@H]1[C@@H]2[C@H](CN1C(=O)[C@@H](NC(=O)N[C@H](CN(C)S(=O)(=O)c1cccs1)[C@@H](C)CC)C(C)(C)C)C2(C)C. The Kier molecular flexibility index (Phi) is 14.0. The molecule has 1 aromatic heterocycles. The number of alkyl halides is 3. The molecule has 5 amide bonds. The number of likely N-dealkylation sites (tertiary alicyclic amines) is 1. The number of thiophene rings is 1. The fourth-order valence-electron chi connectivity index (χ4n) is 6.80. The van der Waals surface area contributed by atoms with Crippen molar-refractivity contribution in [2.45, 2.75) is 102 Å². The van der Waals surface area contributed by atoms with Crippen LogP contribution in [0.1, 0.15) is 67.7 Å². The molecule has 0 aromatic carbocycles. The molecule has 4 N–H and O–H groups in total. The first kappa shape index (κ1) is 43.9. The molecular weight excluding hydrogens is 738 g/mol. The number of Topliss-reactive ketones (excluding diaryl/α,β-unsaturated/α-hetero) is 1. The third kappa shape index (κ3) is 10.6. The molecule has 298 valence electrons. The number of likely N-dealkylation sites (N-methyl/N-ethyl adjacent to an activating group) is 1. The van der Waals surface area contributed by atoms with Crippen LogP contribution in [0, 0.1) is 28.6 Å². The fraction of sp³-hybridized carbons (Fsp3) is 0.686. The van der Waals surface area contributed by atoms with Gasteiger partial charge in [0, 0.05) is 39.1 Å². The van der Waals surface area contributed by atoms with Gasteiger partial charge in [-0.05, 0) is 46.5 Å². The summed E-state index contributed by atoms with van der Waals surface area (Å²) in [5, 5.41) is 11.8. The number of hydrogen-bond acceptors (Lipinski definition) is 8. The van der Waals surface area contributed by atoms with E-state index in [1.54, 1.807) is 32.2 Å². The number of halogens is 3. The zero-order chi connectivity index (χ0) is 40.3. The third-order valence-electron chi connectivity index (χ3n) is 10.4. The van der Waals surface area contributed by atoms with Crippen LogP contribution in [-0.2, 0) is 29.2 Å². The van der Waals surface area contributed by atoms with Crippen LogP contribution < -0.4 is 21.3 Å². The number of hydrogen-bond donors (Lipinski definition) is 4. The molecule has 1 saturated heterocycles. The van der Waals surface area contributed by atoms with Crippen LogP contribution in [0.3, 0.4) is 0 Å². The summed E-state index contributed by atoms with van der Waals surface area (Å²) in [6.45, 7) is 16.1. The summed E-state index contributed by atoms with van der Waals surface area (Å²) in [5.41, 5.74) is -1.32. The number of fused-ring (bicyclic) bond motifs is 1. The first-order valence-electron chi connectivity index (χ1n) is 17.6. The van der Waals surface area contributed by atoms with Gasteiger partial charge in [0.1, 0.15) is 16.3 Å². The highest BCUT2D eigenvalue weighted by Crippen LogP contribution is 2.65. The summed E-state index contributed by atoms with van der Waals surface area (Å²) in [6, 6.07) is -2.47. The van der Waals surface area contributed by atoms with Crippen molar-refractivity contribution in [3.63, 3.8) is 0 Å². The average Bonchev–Trinajstić information content (AvgIpc) is 3.52. The van der Waals surface area contributed by atoms with Crippen molar-refractivity contribution in [2.24, 2.45) is 28.6 Å². The average molecular weight is 791 g/mol. The Morgan fingerprint density at radius 2 is 1.77 bits per heavy atom. The van der Waals surface area contributed by atoms with Crippen LogP contribution in [0.15, 0.2) is 34.4 Å². The van der Waals surface area contributed by atoms with E-state index >= 15 is 0 Å². The second-order valence-corrected chi connectivity index (χ2v) is 18.8. The van der Waals surface area contributed by atoms with Crippen molar-refractivity contribution >= 4 is 50.9 Å². The van der Waals surface area contributed by atoms with E-state index in [0.29, 0.717) is 6.42 Å². The van der Waals surface area contributed by atoms with Gasteiger partial charge in [-0.1, -0.05) is 67.0 Å². The maximum atomic E-state index is 14.4. The lowest BCUT2D eigenvalue weighted by Gasteiger charge is -2.38. The van der Waals surface area contributed by atoms with Crippen molar-refractivity contribution in [1.29, 1.82) is 0 Å². The lowest BCUT2D eigenvalue weighted by atomic mass is 9.85. The number of sulfonamides is 1. The number of carbonyl (C=O) groups excluding carboxylic acids is 5. The van der Waals surface area contributed by atoms with E-state index in [1.807, 2.05) is 27.7 Å². The Bertz CT molecular complexity index is 1630. The Morgan fingerprint density at radius 1 is 1.13 bits per heavy atom. The molecule has 2 heterocycles. The number of rotatable bonds is 17. The number of nitrogens with zero attached hydrogens (tertiary/aromatic N) is 2. The standard InChI is InChI=1S/C35H53F3N6O7S2/c1-10-16-39-30(47)27(45)22(14-15-35(36,37)38)40-29(46)26-25-21(34(25,7)8)18-44(26)31(48)28(33(4,5)6)42-32(49)41-23(20(3)11-2)19-43(9)53(50,51)24-13-12-17-52-24/h10,12-13,17,20-23,25-26,28H,1,11,14-16,18-19H2,2-9H3,(H,39,47)(H,40,46)(H2,41,42,49)/t20-,21-,22?,23+,25-,26-,28+/m0/s1. The lowest BCUT2D eigenvalue weighted by Crippen LogP contribution is -2.62. The van der Waals surface area contributed by atoms with Crippen LogP contribution >= 0.6 is 11.3 Å². The predicted octanol–water partition coefficient (Wildman–Crippen LogP) is 3.68. The van der Waals surface area contributed by atoms with E-state index in [-0.39, 0.29) is 35.7 Å². The van der Waals surface area contributed by atoms with Crippen molar-refractivity contribution < 1.29 is 45.6 Å². The van der Waals surface area contributed by atoms with Gasteiger partial charge in [-0.3, -0.25) is 19.2 Å². The zero-order valence-corrected chi connectivity index (χ0v) is 33.1. The topological polar surface area (TPSA) is 174 Å². The third-order valence-corrected chi connectivity index (χ3v) is 13.6. The van der Waals surface area contributed by atoms with Crippen LogP contribution in [-0.4, -0.2) is 104 Å². The molecule has 1 aliphatic carbocycles. The quantitative estimate of drug-likeness (QED) is 0.138. The zero-order valence-electron chi connectivity index (χ0n) is 31.5. The molecule has 1 unspecified atom stereocenters. The number of amides is 5. The molecule has 13 nitrogen and oxygen atoms in total. The van der Waals surface area contributed by atoms with Gasteiger partial charge < -0.3 is 26.2 Å². The number of urea groups is 1. The second kappa shape index (κ2) is 16.9. The van der Waals surface area contributed by atoms with Gasteiger partial charge in [0.05, 0.1) is 6.04 Å². The second-order valence-electron chi connectivity index (χ2n) is 15.6. The summed E-state index contributed by atoms with van der Waals surface area (Å²) in [5.74, 6) is -4.65. The molecule has 0 radical (unpaired) electrons. The summed E-state index contributed by atoms with van der Waals surface area (Å²) in [4.78, 5) is 68.6. The summed E-state index contributed by atoms with van der Waals surface area (Å²) < 4.78 is 67.2. The molecule has 2 fully saturated rings. The van der Waals surface area contributed by atoms with Gasteiger partial charge in [0.2, 0.25) is 17.6 Å². The number of ketones is 1. The molecule has 1 aliphatic heterocycles. The molecule has 2 aliphatic rings. The summed E-state index contributed by atoms with van der Waals surface area (Å²) >= 11 is 1.07. The normalized spacial score (nSPS) is 21.8. The summed E-state index contributed by atoms with van der Waals surface area (Å²) in [6.07, 6.45) is -5.12. The Labute approximate surface area is 313 Å². The monoisotopic (exact) mass is 790 g/mol. The number of carbonyl (C=O) groups is 5. The van der Waals surface area contributed by atoms with Crippen LogP contribution in [0.2, 0.25) is 0 Å². The first-order valence-corrected chi connectivity index (χ1v) is 19.9. The van der Waals surface area contributed by atoms with E-state index in [4.69, 9.17) is 0 Å². The minimum Gasteiger partial charge on any atom is -0.346 e. The fourth-order valence-corrected chi connectivity index (χ4v) is 9.20. The highest BCUT2D eigenvalue weighted by molar-refractivity contribution is 7.91.